The fraction of sp³-hybridized carbons (Fsp3) is 0.647. The van der Waals surface area contributed by atoms with Gasteiger partial charge in [0.2, 0.25) is 0 Å². The normalized spacial score (nSPS) is 25.6. The highest BCUT2D eigenvalue weighted by molar-refractivity contribution is 8.15. The van der Waals surface area contributed by atoms with Crippen molar-refractivity contribution in [3.05, 3.63) is 23.9 Å². The van der Waals surface area contributed by atoms with E-state index in [9.17, 15) is 0 Å². The van der Waals surface area contributed by atoms with Crippen LogP contribution in [0.2, 0.25) is 0 Å². The molecular weight excluding hydrogens is 294 g/mol. The second-order valence-electron chi connectivity index (χ2n) is 6.45. The topological polar surface area (TPSA) is 60.0 Å². The molecule has 4 nitrogen and oxygen atoms in total. The second kappa shape index (κ2) is 8.65. The first kappa shape index (κ1) is 19.1. The molecule has 1 rings (SSSR count). The summed E-state index contributed by atoms with van der Waals surface area (Å²) < 4.78 is 5.99. The molecule has 0 saturated heterocycles. The molecule has 0 aromatic carbocycles. The molecule has 124 valence electrons. The lowest BCUT2D eigenvalue weighted by Crippen LogP contribution is -2.44. The first-order chi connectivity index (χ1) is 10.3. The first-order valence-corrected chi connectivity index (χ1v) is 8.61. The summed E-state index contributed by atoms with van der Waals surface area (Å²) in [6.07, 6.45) is 6.41. The van der Waals surface area contributed by atoms with Crippen LogP contribution in [0.3, 0.4) is 0 Å². The molecule has 3 atom stereocenters. The van der Waals surface area contributed by atoms with E-state index in [0.717, 1.165) is 17.0 Å². The molecule has 1 heterocycles. The highest BCUT2D eigenvalue weighted by Gasteiger charge is 2.30. The van der Waals surface area contributed by atoms with Gasteiger partial charge in [0.25, 0.3) is 0 Å². The Morgan fingerprint density at radius 2 is 2.27 bits per heavy atom. The number of allylic oxidation sites excluding steroid dienone is 2. The number of aliphatic imine (C=N–C) groups is 2. The van der Waals surface area contributed by atoms with E-state index in [1.165, 1.54) is 0 Å². The summed E-state index contributed by atoms with van der Waals surface area (Å²) in [6, 6.07) is 0. The molecule has 0 radical (unpaired) electrons. The van der Waals surface area contributed by atoms with Crippen molar-refractivity contribution < 1.29 is 4.74 Å². The van der Waals surface area contributed by atoms with Crippen molar-refractivity contribution >= 4 is 23.5 Å². The van der Waals surface area contributed by atoms with Gasteiger partial charge in [-0.05, 0) is 45.9 Å². The van der Waals surface area contributed by atoms with Crippen molar-refractivity contribution in [2.24, 2.45) is 21.6 Å². The fourth-order valence-corrected chi connectivity index (χ4v) is 3.59. The maximum absolute atomic E-state index is 6.31. The number of nitrogens with zero attached hydrogens (tertiary/aromatic N) is 2. The lowest BCUT2D eigenvalue weighted by atomic mass is 9.93. The molecule has 2 N–H and O–H groups in total. The molecule has 1 aliphatic rings. The minimum atomic E-state index is -0.313. The first-order valence-electron chi connectivity index (χ1n) is 7.73. The van der Waals surface area contributed by atoms with Gasteiger partial charge >= 0.3 is 0 Å². The van der Waals surface area contributed by atoms with Crippen molar-refractivity contribution in [1.82, 2.24) is 0 Å². The van der Waals surface area contributed by atoms with Crippen LogP contribution in [0, 0.1) is 5.92 Å². The predicted molar refractivity (Wildman–Crippen MR) is 98.7 cm³/mol. The van der Waals surface area contributed by atoms with Gasteiger partial charge < -0.3 is 10.5 Å². The Balaban J connectivity index is 2.68. The van der Waals surface area contributed by atoms with Crippen molar-refractivity contribution in [3.63, 3.8) is 0 Å². The second-order valence-corrected chi connectivity index (χ2v) is 7.82. The Morgan fingerprint density at radius 3 is 2.82 bits per heavy atom. The summed E-state index contributed by atoms with van der Waals surface area (Å²) in [5.41, 5.74) is 7.04. The summed E-state index contributed by atoms with van der Waals surface area (Å²) in [5, 5.41) is 1.27. The number of thioether (sulfide) groups is 1. The fourth-order valence-electron chi connectivity index (χ4n) is 2.49. The van der Waals surface area contributed by atoms with Gasteiger partial charge in [-0.15, -0.1) is 0 Å². The summed E-state index contributed by atoms with van der Waals surface area (Å²) >= 11 is 1.72. The maximum atomic E-state index is 6.31. The van der Waals surface area contributed by atoms with Crippen LogP contribution < -0.4 is 5.73 Å². The molecular formula is C17H29N3OS. The van der Waals surface area contributed by atoms with E-state index in [2.05, 4.69) is 32.5 Å². The zero-order valence-electron chi connectivity index (χ0n) is 14.4. The molecule has 5 heteroatoms. The van der Waals surface area contributed by atoms with Gasteiger partial charge in [0.15, 0.2) is 6.23 Å². The number of hydrogen-bond acceptors (Lipinski definition) is 5. The largest absolute Gasteiger partial charge is 0.353 e. The van der Waals surface area contributed by atoms with Gasteiger partial charge in [0, 0.05) is 17.3 Å². The van der Waals surface area contributed by atoms with E-state index >= 15 is 0 Å². The van der Waals surface area contributed by atoms with Crippen LogP contribution in [0.25, 0.3) is 0 Å². The van der Waals surface area contributed by atoms with Crippen molar-refractivity contribution in [2.45, 2.75) is 58.1 Å². The van der Waals surface area contributed by atoms with Crippen LogP contribution in [0.5, 0.6) is 0 Å². The van der Waals surface area contributed by atoms with E-state index in [4.69, 9.17) is 15.5 Å². The lowest BCUT2D eigenvalue weighted by Gasteiger charge is -2.28. The van der Waals surface area contributed by atoms with Crippen LogP contribution in [-0.2, 0) is 4.74 Å². The smallest absolute Gasteiger partial charge is 0.161 e. The summed E-state index contributed by atoms with van der Waals surface area (Å²) in [7, 11) is 0. The van der Waals surface area contributed by atoms with E-state index in [1.807, 2.05) is 26.0 Å². The highest BCUT2D eigenvalue weighted by Crippen LogP contribution is 2.32. The summed E-state index contributed by atoms with van der Waals surface area (Å²) in [4.78, 5) is 8.44. The van der Waals surface area contributed by atoms with E-state index in [-0.39, 0.29) is 17.0 Å². The summed E-state index contributed by atoms with van der Waals surface area (Å²) in [5.74, 6) is 0.555. The predicted octanol–water partition coefficient (Wildman–Crippen LogP) is 3.79. The highest BCUT2D eigenvalue weighted by atomic mass is 32.2. The molecule has 22 heavy (non-hydrogen) atoms. The van der Waals surface area contributed by atoms with Gasteiger partial charge in [0.1, 0.15) is 5.04 Å². The van der Waals surface area contributed by atoms with Gasteiger partial charge in [-0.25, -0.2) is 4.99 Å². The van der Waals surface area contributed by atoms with Crippen LogP contribution in [0.15, 0.2) is 33.9 Å². The SMILES string of the molecule is C=N/C=C\C(=C/C)C1=NC(OC[C@@](C)(N)CC(C)C)C(C)S1. The third-order valence-electron chi connectivity index (χ3n) is 3.32. The molecule has 0 aromatic heterocycles. The zero-order valence-corrected chi connectivity index (χ0v) is 15.2. The van der Waals surface area contributed by atoms with Crippen molar-refractivity contribution in [1.29, 1.82) is 0 Å². The van der Waals surface area contributed by atoms with Gasteiger partial charge in [-0.2, -0.15) is 0 Å². The molecule has 0 fully saturated rings. The van der Waals surface area contributed by atoms with E-state index in [1.54, 1.807) is 18.0 Å². The molecule has 0 spiro atoms. The maximum Gasteiger partial charge on any atom is 0.161 e. The van der Waals surface area contributed by atoms with Crippen molar-refractivity contribution in [2.75, 3.05) is 6.61 Å². The standard InChI is InChI=1S/C17H29N3OS/c1-7-14(8-9-19-6)16-20-15(13(4)22-16)21-11-17(5,18)10-12(2)3/h7-9,12-13,15H,6,10-11,18H2,1-5H3/b9-8-,14-7+/t13?,15?,17-/m0/s1. The third-order valence-corrected chi connectivity index (χ3v) is 4.49. The van der Waals surface area contributed by atoms with Crippen LogP contribution in [0.4, 0.5) is 0 Å². The molecule has 0 saturated carbocycles. The minimum absolute atomic E-state index is 0.143. The van der Waals surface area contributed by atoms with Crippen LogP contribution >= 0.6 is 11.8 Å². The zero-order chi connectivity index (χ0) is 16.8. The number of rotatable bonds is 8. The molecule has 0 aliphatic carbocycles. The number of hydrogen-bond donors (Lipinski definition) is 1. The lowest BCUT2D eigenvalue weighted by molar-refractivity contribution is 0.0265. The molecule has 0 bridgehead atoms. The van der Waals surface area contributed by atoms with Gasteiger partial charge in [0.05, 0.1) is 11.9 Å². The Kier molecular flexibility index (Phi) is 7.53. The molecule has 2 unspecified atom stereocenters. The quantitative estimate of drug-likeness (QED) is 0.546. The van der Waals surface area contributed by atoms with Gasteiger partial charge in [-0.1, -0.05) is 31.7 Å². The Bertz CT molecular complexity index is 467. The monoisotopic (exact) mass is 323 g/mol. The Labute approximate surface area is 139 Å². The van der Waals surface area contributed by atoms with E-state index < -0.39 is 0 Å². The Morgan fingerprint density at radius 1 is 1.59 bits per heavy atom. The number of ether oxygens (including phenoxy) is 1. The molecule has 0 aromatic rings. The minimum Gasteiger partial charge on any atom is -0.353 e. The van der Waals surface area contributed by atoms with Crippen LogP contribution in [-0.4, -0.2) is 35.4 Å². The Hall–Kier alpha value is -0.910. The molecule has 0 amide bonds. The summed E-state index contributed by atoms with van der Waals surface area (Å²) in [6.45, 7) is 14.5. The third kappa shape index (κ3) is 6.07. The molecule has 1 aliphatic heterocycles. The average molecular weight is 324 g/mol. The van der Waals surface area contributed by atoms with Crippen LogP contribution in [0.1, 0.15) is 41.0 Å². The average Bonchev–Trinajstić information content (AvgIpc) is 2.77. The van der Waals surface area contributed by atoms with Gasteiger partial charge in [-0.3, -0.25) is 4.99 Å². The van der Waals surface area contributed by atoms with E-state index in [0.29, 0.717) is 12.5 Å². The number of nitrogens with two attached hydrogens (primary N) is 1. The van der Waals surface area contributed by atoms with Crippen molar-refractivity contribution in [3.8, 4) is 0 Å².